The molecule has 0 amide bonds. The number of nitrogens with zero attached hydrogens (tertiary/aromatic N) is 1. The van der Waals surface area contributed by atoms with E-state index >= 15 is 0 Å². The van der Waals surface area contributed by atoms with Gasteiger partial charge in [-0.1, -0.05) is 6.07 Å². The highest BCUT2D eigenvalue weighted by Crippen LogP contribution is 2.27. The number of H-pyrrole nitrogens is 1. The third-order valence-electron chi connectivity index (χ3n) is 3.03. The summed E-state index contributed by atoms with van der Waals surface area (Å²) in [6.45, 7) is 2.99. The molecule has 0 aliphatic carbocycles. The highest BCUT2D eigenvalue weighted by molar-refractivity contribution is 9.10. The zero-order valence-electron chi connectivity index (χ0n) is 11.8. The minimum Gasteiger partial charge on any atom is -0.419 e. The topological polar surface area (TPSA) is 93.3 Å². The first-order valence-electron chi connectivity index (χ1n) is 6.43. The molecule has 8 heteroatoms. The molecule has 2 heterocycles. The number of halogens is 1. The van der Waals surface area contributed by atoms with E-state index in [1.54, 1.807) is 6.07 Å². The molecule has 1 aromatic heterocycles. The average Bonchev–Trinajstić information content (AvgIpc) is 2.79. The van der Waals surface area contributed by atoms with Crippen LogP contribution in [0.3, 0.4) is 0 Å². The molecule has 0 atom stereocenters. The van der Waals surface area contributed by atoms with Crippen LogP contribution in [0.1, 0.15) is 13.8 Å². The van der Waals surface area contributed by atoms with Crippen LogP contribution in [0.5, 0.6) is 0 Å². The Kier molecular flexibility index (Phi) is 3.40. The molecule has 7 nitrogen and oxygen atoms in total. The average molecular weight is 366 g/mol. The van der Waals surface area contributed by atoms with E-state index in [1.807, 2.05) is 12.1 Å². The van der Waals surface area contributed by atoms with E-state index < -0.39 is 17.7 Å². The lowest BCUT2D eigenvalue weighted by Gasteiger charge is -2.29. The second kappa shape index (κ2) is 5.13. The molecule has 1 aliphatic rings. The SMILES string of the molecule is CC1(C)OC(=O)C(=CNc2cccc3c(Br)[nH]nc23)C(=O)O1. The second-order valence-corrected chi connectivity index (χ2v) is 5.91. The summed E-state index contributed by atoms with van der Waals surface area (Å²) in [4.78, 5) is 23.7. The number of rotatable bonds is 2. The van der Waals surface area contributed by atoms with Crippen molar-refractivity contribution < 1.29 is 19.1 Å². The van der Waals surface area contributed by atoms with Crippen LogP contribution in [0.4, 0.5) is 5.69 Å². The van der Waals surface area contributed by atoms with Gasteiger partial charge < -0.3 is 14.8 Å². The molecular weight excluding hydrogens is 354 g/mol. The Balaban J connectivity index is 1.90. The molecule has 0 bridgehead atoms. The number of fused-ring (bicyclic) bond motifs is 1. The van der Waals surface area contributed by atoms with Crippen LogP contribution in [-0.2, 0) is 19.1 Å². The normalized spacial score (nSPS) is 17.1. The van der Waals surface area contributed by atoms with Gasteiger partial charge in [0.05, 0.1) is 5.69 Å². The fraction of sp³-hybridized carbons (Fsp3) is 0.214. The van der Waals surface area contributed by atoms with Gasteiger partial charge in [-0.25, -0.2) is 9.59 Å². The van der Waals surface area contributed by atoms with Crippen molar-refractivity contribution in [2.75, 3.05) is 5.32 Å². The molecular formula is C14H12BrN3O4. The molecule has 114 valence electrons. The molecule has 1 aliphatic heterocycles. The molecule has 0 unspecified atom stereocenters. The first kappa shape index (κ1) is 14.6. The van der Waals surface area contributed by atoms with Crippen LogP contribution < -0.4 is 5.32 Å². The van der Waals surface area contributed by atoms with Gasteiger partial charge in [-0.3, -0.25) is 5.10 Å². The number of aromatic nitrogens is 2. The van der Waals surface area contributed by atoms with Gasteiger partial charge in [-0.15, -0.1) is 0 Å². The maximum absolute atomic E-state index is 11.8. The van der Waals surface area contributed by atoms with Crippen LogP contribution in [0, 0.1) is 0 Å². The van der Waals surface area contributed by atoms with Gasteiger partial charge in [-0.05, 0) is 28.1 Å². The third-order valence-corrected chi connectivity index (χ3v) is 3.63. The molecule has 2 aromatic rings. The summed E-state index contributed by atoms with van der Waals surface area (Å²) in [5.74, 6) is -2.72. The van der Waals surface area contributed by atoms with Gasteiger partial charge in [0, 0.05) is 25.4 Å². The Hall–Kier alpha value is -2.35. The number of esters is 2. The van der Waals surface area contributed by atoms with Crippen molar-refractivity contribution in [1.82, 2.24) is 10.2 Å². The Labute approximate surface area is 133 Å². The number of hydrogen-bond donors (Lipinski definition) is 2. The summed E-state index contributed by atoms with van der Waals surface area (Å²) in [7, 11) is 0. The number of para-hydroxylation sites is 1. The number of carbonyl (C=O) groups is 2. The fourth-order valence-electron chi connectivity index (χ4n) is 2.05. The summed E-state index contributed by atoms with van der Waals surface area (Å²) in [6.07, 6.45) is 1.26. The van der Waals surface area contributed by atoms with E-state index in [9.17, 15) is 9.59 Å². The zero-order valence-corrected chi connectivity index (χ0v) is 13.4. The largest absolute Gasteiger partial charge is 0.419 e. The Morgan fingerprint density at radius 2 is 1.95 bits per heavy atom. The molecule has 1 aromatic carbocycles. The van der Waals surface area contributed by atoms with E-state index in [1.165, 1.54) is 20.0 Å². The van der Waals surface area contributed by atoms with Crippen molar-refractivity contribution in [2.24, 2.45) is 0 Å². The number of hydrogen-bond acceptors (Lipinski definition) is 6. The molecule has 0 radical (unpaired) electrons. The molecule has 0 saturated carbocycles. The minimum atomic E-state index is -1.25. The van der Waals surface area contributed by atoms with E-state index in [4.69, 9.17) is 9.47 Å². The summed E-state index contributed by atoms with van der Waals surface area (Å²) in [5, 5.41) is 10.7. The van der Waals surface area contributed by atoms with Gasteiger partial charge >= 0.3 is 11.9 Å². The number of benzene rings is 1. The number of carbonyl (C=O) groups excluding carboxylic acids is 2. The zero-order chi connectivity index (χ0) is 15.9. The summed E-state index contributed by atoms with van der Waals surface area (Å²) < 4.78 is 10.8. The van der Waals surface area contributed by atoms with Crippen LogP contribution in [-0.4, -0.2) is 27.9 Å². The van der Waals surface area contributed by atoms with Crippen LogP contribution in [0.25, 0.3) is 10.9 Å². The predicted molar refractivity (Wildman–Crippen MR) is 81.8 cm³/mol. The smallest absolute Gasteiger partial charge is 0.350 e. The highest BCUT2D eigenvalue weighted by Gasteiger charge is 2.38. The van der Waals surface area contributed by atoms with E-state index in [0.29, 0.717) is 11.2 Å². The van der Waals surface area contributed by atoms with E-state index in [2.05, 4.69) is 31.4 Å². The number of ether oxygens (including phenoxy) is 2. The van der Waals surface area contributed by atoms with Gasteiger partial charge in [0.25, 0.3) is 5.79 Å². The van der Waals surface area contributed by atoms with Gasteiger partial charge in [-0.2, -0.15) is 5.10 Å². The molecule has 0 spiro atoms. The number of anilines is 1. The second-order valence-electron chi connectivity index (χ2n) is 5.12. The first-order valence-corrected chi connectivity index (χ1v) is 7.23. The minimum absolute atomic E-state index is 0.203. The number of cyclic esters (lactones) is 2. The molecule has 2 N–H and O–H groups in total. The van der Waals surface area contributed by atoms with Gasteiger partial charge in [0.1, 0.15) is 10.1 Å². The van der Waals surface area contributed by atoms with Crippen molar-refractivity contribution in [3.05, 3.63) is 34.6 Å². The van der Waals surface area contributed by atoms with Crippen molar-refractivity contribution in [3.63, 3.8) is 0 Å². The van der Waals surface area contributed by atoms with Crippen LogP contribution in [0.15, 0.2) is 34.6 Å². The summed E-state index contributed by atoms with van der Waals surface area (Å²) in [6, 6.07) is 5.48. The van der Waals surface area contributed by atoms with Crippen molar-refractivity contribution in [2.45, 2.75) is 19.6 Å². The fourth-order valence-corrected chi connectivity index (χ4v) is 2.46. The lowest BCUT2D eigenvalue weighted by atomic mass is 10.2. The van der Waals surface area contributed by atoms with Crippen molar-refractivity contribution >= 4 is 44.5 Å². The monoisotopic (exact) mass is 365 g/mol. The van der Waals surface area contributed by atoms with Crippen LogP contribution >= 0.6 is 15.9 Å². The Bertz CT molecular complexity index is 788. The standard InChI is InChI=1S/C14H12BrN3O4/c1-14(2)21-12(19)8(13(20)22-14)6-16-9-5-3-4-7-10(9)17-18-11(7)15/h3-6,16H,1-2H3,(H,17,18). The quantitative estimate of drug-likeness (QED) is 0.482. The molecule has 22 heavy (non-hydrogen) atoms. The Morgan fingerprint density at radius 1 is 1.27 bits per heavy atom. The van der Waals surface area contributed by atoms with E-state index in [0.717, 1.165) is 9.99 Å². The lowest BCUT2D eigenvalue weighted by molar-refractivity contribution is -0.222. The maximum atomic E-state index is 11.8. The van der Waals surface area contributed by atoms with E-state index in [-0.39, 0.29) is 5.57 Å². The maximum Gasteiger partial charge on any atom is 0.350 e. The third kappa shape index (κ3) is 2.57. The molecule has 3 rings (SSSR count). The molecule has 1 fully saturated rings. The van der Waals surface area contributed by atoms with Gasteiger partial charge in [0.15, 0.2) is 5.57 Å². The van der Waals surface area contributed by atoms with Crippen molar-refractivity contribution in [1.29, 1.82) is 0 Å². The lowest BCUT2D eigenvalue weighted by Crippen LogP contribution is -2.42. The highest BCUT2D eigenvalue weighted by atomic mass is 79.9. The Morgan fingerprint density at radius 3 is 2.64 bits per heavy atom. The number of aromatic amines is 1. The first-order chi connectivity index (χ1) is 10.4. The van der Waals surface area contributed by atoms with Crippen LogP contribution in [0.2, 0.25) is 0 Å². The van der Waals surface area contributed by atoms with Gasteiger partial charge in [0.2, 0.25) is 0 Å². The predicted octanol–water partition coefficient (Wildman–Crippen LogP) is 2.46. The summed E-state index contributed by atoms with van der Waals surface area (Å²) in [5.41, 5.74) is 1.10. The molecule has 1 saturated heterocycles. The number of nitrogens with one attached hydrogen (secondary N) is 2. The summed E-state index contributed by atoms with van der Waals surface area (Å²) >= 11 is 3.35. The van der Waals surface area contributed by atoms with Crippen molar-refractivity contribution in [3.8, 4) is 0 Å².